The Balaban J connectivity index is 1.87. The van der Waals surface area contributed by atoms with Crippen LogP contribution in [0.3, 0.4) is 0 Å². The summed E-state index contributed by atoms with van der Waals surface area (Å²) >= 11 is 7.68. The van der Waals surface area contributed by atoms with E-state index in [1.54, 1.807) is 36.0 Å². The highest BCUT2D eigenvalue weighted by Crippen LogP contribution is 2.15. The molecule has 0 aliphatic heterocycles. The molecule has 5 nitrogen and oxygen atoms in total. The van der Waals surface area contributed by atoms with Gasteiger partial charge in [0, 0.05) is 0 Å². The fraction of sp³-hybridized carbons (Fsp3) is 0.300. The van der Waals surface area contributed by atoms with E-state index < -0.39 is 6.04 Å². The van der Waals surface area contributed by atoms with Gasteiger partial charge >= 0.3 is 0 Å². The lowest BCUT2D eigenvalue weighted by Crippen LogP contribution is -2.48. The van der Waals surface area contributed by atoms with Crippen molar-refractivity contribution in [3.05, 3.63) is 65.2 Å². The van der Waals surface area contributed by atoms with Gasteiger partial charge in [0.1, 0.15) is 18.4 Å². The van der Waals surface area contributed by atoms with Crippen LogP contribution in [0.2, 0.25) is 5.02 Å². The van der Waals surface area contributed by atoms with Crippen LogP contribution in [0.25, 0.3) is 0 Å². The smallest absolute Gasteiger partial charge is 0.253 e. The van der Waals surface area contributed by atoms with Gasteiger partial charge in [-0.2, -0.15) is 11.8 Å². The van der Waals surface area contributed by atoms with Gasteiger partial charge in [-0.25, -0.2) is 0 Å². The fourth-order valence-electron chi connectivity index (χ4n) is 2.37. The molecule has 27 heavy (non-hydrogen) atoms. The minimum absolute atomic E-state index is 0.235. The van der Waals surface area contributed by atoms with Crippen molar-refractivity contribution in [1.29, 1.82) is 0 Å². The molecule has 7 heteroatoms. The lowest BCUT2D eigenvalue weighted by molar-refractivity contribution is -0.123. The molecular formula is C20H23ClN2O3S. The Labute approximate surface area is 168 Å². The number of hydrogen-bond donors (Lipinski definition) is 2. The van der Waals surface area contributed by atoms with Crippen LogP contribution in [0.5, 0.6) is 5.75 Å². The minimum Gasteiger partial charge on any atom is -0.492 e. The summed E-state index contributed by atoms with van der Waals surface area (Å²) < 4.78 is 5.56. The van der Waals surface area contributed by atoms with E-state index >= 15 is 0 Å². The van der Waals surface area contributed by atoms with E-state index in [1.165, 1.54) is 0 Å². The fourth-order valence-corrected chi connectivity index (χ4v) is 3.06. The Morgan fingerprint density at radius 3 is 2.52 bits per heavy atom. The Hall–Kier alpha value is -2.18. The maximum Gasteiger partial charge on any atom is 0.253 e. The molecule has 2 amide bonds. The molecule has 2 aromatic rings. The van der Waals surface area contributed by atoms with Gasteiger partial charge in [-0.3, -0.25) is 9.59 Å². The van der Waals surface area contributed by atoms with Crippen molar-refractivity contribution >= 4 is 35.2 Å². The van der Waals surface area contributed by atoms with Crippen molar-refractivity contribution in [2.45, 2.75) is 12.5 Å². The van der Waals surface area contributed by atoms with Crippen LogP contribution in [0.4, 0.5) is 0 Å². The van der Waals surface area contributed by atoms with Gasteiger partial charge in [-0.05, 0) is 42.7 Å². The second-order valence-corrected chi connectivity index (χ2v) is 7.13. The topological polar surface area (TPSA) is 67.4 Å². The predicted molar refractivity (Wildman–Crippen MR) is 111 cm³/mol. The van der Waals surface area contributed by atoms with Crippen molar-refractivity contribution in [3.63, 3.8) is 0 Å². The highest BCUT2D eigenvalue weighted by Gasteiger charge is 2.21. The first-order valence-electron chi connectivity index (χ1n) is 8.61. The third kappa shape index (κ3) is 7.15. The van der Waals surface area contributed by atoms with Crippen molar-refractivity contribution in [2.75, 3.05) is 25.2 Å². The molecule has 0 unspecified atom stereocenters. The molecule has 0 fully saturated rings. The summed E-state index contributed by atoms with van der Waals surface area (Å²) in [5.74, 6) is 0.905. The molecule has 2 rings (SSSR count). The first kappa shape index (κ1) is 21.1. The number of thioether (sulfide) groups is 1. The van der Waals surface area contributed by atoms with Crippen LogP contribution < -0.4 is 15.4 Å². The van der Waals surface area contributed by atoms with Crippen molar-refractivity contribution < 1.29 is 14.3 Å². The Kier molecular flexibility index (Phi) is 9.01. The lowest BCUT2D eigenvalue weighted by Gasteiger charge is -2.18. The number of hydrogen-bond acceptors (Lipinski definition) is 4. The van der Waals surface area contributed by atoms with Crippen LogP contribution in [0, 0.1) is 0 Å². The Morgan fingerprint density at radius 1 is 1.11 bits per heavy atom. The minimum atomic E-state index is -0.627. The second-order valence-electron chi connectivity index (χ2n) is 5.74. The first-order chi connectivity index (χ1) is 13.1. The third-order valence-electron chi connectivity index (χ3n) is 3.76. The van der Waals surface area contributed by atoms with Crippen LogP contribution >= 0.6 is 23.4 Å². The van der Waals surface area contributed by atoms with Crippen LogP contribution in [0.1, 0.15) is 16.8 Å². The highest BCUT2D eigenvalue weighted by atomic mass is 35.5. The van der Waals surface area contributed by atoms with Crippen molar-refractivity contribution in [2.24, 2.45) is 0 Å². The van der Waals surface area contributed by atoms with Gasteiger partial charge in [0.2, 0.25) is 5.91 Å². The molecule has 2 N–H and O–H groups in total. The molecular weight excluding hydrogens is 384 g/mol. The number of nitrogens with one attached hydrogen (secondary N) is 2. The zero-order chi connectivity index (χ0) is 19.5. The van der Waals surface area contributed by atoms with Gasteiger partial charge in [0.25, 0.3) is 5.91 Å². The molecule has 0 spiro atoms. The van der Waals surface area contributed by atoms with Crippen molar-refractivity contribution in [1.82, 2.24) is 10.6 Å². The first-order valence-corrected chi connectivity index (χ1v) is 10.4. The lowest BCUT2D eigenvalue weighted by atomic mass is 10.1. The SMILES string of the molecule is CSCC[C@H](NC(=O)c1ccccc1Cl)C(=O)NCCOc1ccccc1. The quantitative estimate of drug-likeness (QED) is 0.593. The van der Waals surface area contributed by atoms with Crippen LogP contribution in [-0.2, 0) is 4.79 Å². The highest BCUT2D eigenvalue weighted by molar-refractivity contribution is 7.98. The van der Waals surface area contributed by atoms with Crippen LogP contribution in [0.15, 0.2) is 54.6 Å². The van der Waals surface area contributed by atoms with Crippen molar-refractivity contribution in [3.8, 4) is 5.75 Å². The molecule has 0 saturated heterocycles. The largest absolute Gasteiger partial charge is 0.492 e. The van der Waals surface area contributed by atoms with Crippen LogP contribution in [-0.4, -0.2) is 43.0 Å². The molecule has 0 bridgehead atoms. The van der Waals surface area contributed by atoms with Gasteiger partial charge < -0.3 is 15.4 Å². The number of para-hydroxylation sites is 1. The second kappa shape index (κ2) is 11.5. The van der Waals surface area contributed by atoms with E-state index in [2.05, 4.69) is 10.6 Å². The summed E-state index contributed by atoms with van der Waals surface area (Å²) in [4.78, 5) is 24.9. The summed E-state index contributed by atoms with van der Waals surface area (Å²) in [5.41, 5.74) is 0.355. The molecule has 0 aromatic heterocycles. The van der Waals surface area contributed by atoms with E-state index in [0.29, 0.717) is 30.2 Å². The van der Waals surface area contributed by atoms with E-state index in [1.807, 2.05) is 36.6 Å². The van der Waals surface area contributed by atoms with E-state index in [9.17, 15) is 9.59 Å². The average Bonchev–Trinajstić information content (AvgIpc) is 2.69. The predicted octanol–water partition coefficient (Wildman–Crippen LogP) is 3.39. The summed E-state index contributed by atoms with van der Waals surface area (Å²) in [6.45, 7) is 0.703. The van der Waals surface area contributed by atoms with Gasteiger partial charge in [-0.1, -0.05) is 41.9 Å². The number of amides is 2. The summed E-state index contributed by atoms with van der Waals surface area (Å²) in [6, 6.07) is 15.5. The molecule has 0 saturated carbocycles. The molecule has 2 aromatic carbocycles. The molecule has 0 heterocycles. The standard InChI is InChI=1S/C20H23ClN2O3S/c1-27-14-11-18(23-19(24)16-9-5-6-10-17(16)21)20(25)22-12-13-26-15-7-3-2-4-8-15/h2-10,18H,11-14H2,1H3,(H,22,25)(H,23,24)/t18-/m0/s1. The van der Waals surface area contributed by atoms with Gasteiger partial charge in [-0.15, -0.1) is 0 Å². The molecule has 0 aliphatic carbocycles. The van der Waals surface area contributed by atoms with E-state index in [4.69, 9.17) is 16.3 Å². The average molecular weight is 407 g/mol. The Bertz CT molecular complexity index is 743. The monoisotopic (exact) mass is 406 g/mol. The zero-order valence-electron chi connectivity index (χ0n) is 15.1. The number of ether oxygens (including phenoxy) is 1. The van der Waals surface area contributed by atoms with Gasteiger partial charge in [0.05, 0.1) is 17.1 Å². The van der Waals surface area contributed by atoms with E-state index in [-0.39, 0.29) is 11.8 Å². The number of carbonyl (C=O) groups is 2. The maximum atomic E-state index is 12.5. The third-order valence-corrected chi connectivity index (χ3v) is 4.74. The number of carbonyl (C=O) groups excluding carboxylic acids is 2. The number of halogens is 1. The molecule has 0 radical (unpaired) electrons. The maximum absolute atomic E-state index is 12.5. The normalized spacial score (nSPS) is 11.5. The van der Waals surface area contributed by atoms with E-state index in [0.717, 1.165) is 11.5 Å². The molecule has 0 aliphatic rings. The van der Waals surface area contributed by atoms with Gasteiger partial charge in [0.15, 0.2) is 0 Å². The molecule has 144 valence electrons. The molecule has 1 atom stereocenters. The summed E-state index contributed by atoms with van der Waals surface area (Å²) in [6.07, 6.45) is 2.49. The summed E-state index contributed by atoms with van der Waals surface area (Å²) in [7, 11) is 0. The number of rotatable bonds is 10. The number of benzene rings is 2. The summed E-state index contributed by atoms with van der Waals surface area (Å²) in [5, 5.41) is 5.95. The Morgan fingerprint density at radius 2 is 1.81 bits per heavy atom. The zero-order valence-corrected chi connectivity index (χ0v) is 16.7.